The van der Waals surface area contributed by atoms with E-state index in [1.54, 1.807) is 20.8 Å². The lowest BCUT2D eigenvalue weighted by Gasteiger charge is -2.48. The second-order valence-corrected chi connectivity index (χ2v) is 14.6. The SMILES string of the molecule is C=C1[C@H](C)C[C@@]2(C)OCC(=N)CO[C@H]([C@H]1C)[C@](C)(O)[C@@H](CC)OC(=O)C(C)C(=O)[C@H](C)[C@H]2OC1O[C@H](C)C[C@H](N(C)C)[C@H]1CC. The van der Waals surface area contributed by atoms with Gasteiger partial charge >= 0.3 is 5.97 Å². The monoisotopic (exact) mass is 636 g/mol. The summed E-state index contributed by atoms with van der Waals surface area (Å²) in [5, 5.41) is 20.7. The summed E-state index contributed by atoms with van der Waals surface area (Å²) in [6.45, 7) is 21.1. The van der Waals surface area contributed by atoms with Crippen LogP contribution >= 0.6 is 0 Å². The zero-order chi connectivity index (χ0) is 34.0. The lowest BCUT2D eigenvalue weighted by molar-refractivity contribution is -0.284. The number of rotatable bonds is 5. The van der Waals surface area contributed by atoms with Crippen LogP contribution in [0.2, 0.25) is 0 Å². The molecule has 3 saturated heterocycles. The molecule has 3 rings (SSSR count). The molecule has 0 aliphatic carbocycles. The quantitative estimate of drug-likeness (QED) is 0.248. The lowest BCUT2D eigenvalue weighted by atomic mass is 9.73. The summed E-state index contributed by atoms with van der Waals surface area (Å²) in [5.41, 5.74) is -1.69. The molecule has 3 aliphatic rings. The molecule has 45 heavy (non-hydrogen) atoms. The van der Waals surface area contributed by atoms with Crippen LogP contribution in [-0.2, 0) is 33.3 Å². The number of esters is 1. The van der Waals surface area contributed by atoms with E-state index in [-0.39, 0.29) is 54.6 Å². The first-order valence-corrected chi connectivity index (χ1v) is 16.8. The molecule has 2 unspecified atom stereocenters. The minimum absolute atomic E-state index is 0.0349. The van der Waals surface area contributed by atoms with Crippen molar-refractivity contribution in [2.75, 3.05) is 27.3 Å². The van der Waals surface area contributed by atoms with Crippen LogP contribution in [0, 0.1) is 35.0 Å². The molecule has 3 aliphatic heterocycles. The van der Waals surface area contributed by atoms with Crippen LogP contribution in [0.4, 0.5) is 0 Å². The number of Topliss-reactive ketones (excluding diaryl/α,β-unsaturated/α-hetero) is 1. The van der Waals surface area contributed by atoms with E-state index in [0.717, 1.165) is 18.4 Å². The fraction of sp³-hybridized carbons (Fsp3) is 0.857. The van der Waals surface area contributed by atoms with Gasteiger partial charge in [0, 0.05) is 23.8 Å². The van der Waals surface area contributed by atoms with E-state index in [1.165, 1.54) is 0 Å². The largest absolute Gasteiger partial charge is 0.459 e. The van der Waals surface area contributed by atoms with E-state index >= 15 is 0 Å². The Labute approximate surface area is 271 Å². The highest BCUT2D eigenvalue weighted by molar-refractivity contribution is 6.00. The van der Waals surface area contributed by atoms with Gasteiger partial charge in [0.25, 0.3) is 0 Å². The van der Waals surface area contributed by atoms with Gasteiger partial charge in [0.1, 0.15) is 17.6 Å². The van der Waals surface area contributed by atoms with Gasteiger partial charge < -0.3 is 39.1 Å². The number of hydrogen-bond acceptors (Lipinski definition) is 10. The van der Waals surface area contributed by atoms with Gasteiger partial charge in [0.15, 0.2) is 12.1 Å². The standard InChI is InChI=1S/C35H60N2O8/c1-13-26-27(37(11)12)15-20(4)43-33(26)45-30-23(7)29(38)24(8)32(39)44-28(14-2)35(10,40)31-22(6)21(5)19(3)16-34(30,9)42-18-25(36)17-41-31/h19-20,22-24,26-28,30-31,33,36,40H,5,13-18H2,1-4,6-12H3/t19-,20-,22+,23+,24?,26-,27+,28-,30-,31-,33?,34-,35-/m1/s1. The third-order valence-electron chi connectivity index (χ3n) is 10.7. The van der Waals surface area contributed by atoms with E-state index in [4.69, 9.17) is 29.1 Å². The zero-order valence-electron chi connectivity index (χ0n) is 29.6. The molecule has 2 bridgehead atoms. The van der Waals surface area contributed by atoms with Crippen molar-refractivity contribution in [3.8, 4) is 0 Å². The number of ketones is 1. The molecule has 0 aromatic carbocycles. The molecular weight excluding hydrogens is 576 g/mol. The molecule has 0 saturated carbocycles. The van der Waals surface area contributed by atoms with Crippen molar-refractivity contribution in [3.63, 3.8) is 0 Å². The van der Waals surface area contributed by atoms with E-state index < -0.39 is 53.6 Å². The van der Waals surface area contributed by atoms with Gasteiger partial charge in [-0.1, -0.05) is 46.8 Å². The van der Waals surface area contributed by atoms with E-state index in [1.807, 2.05) is 27.7 Å². The number of ether oxygens (including phenoxy) is 5. The van der Waals surface area contributed by atoms with Crippen LogP contribution in [-0.4, -0.2) is 103 Å². The highest BCUT2D eigenvalue weighted by Gasteiger charge is 2.52. The molecule has 0 spiro atoms. The average Bonchev–Trinajstić information content (AvgIpc) is 2.99. The fourth-order valence-corrected chi connectivity index (χ4v) is 7.85. The van der Waals surface area contributed by atoms with Crippen LogP contribution in [0.3, 0.4) is 0 Å². The minimum atomic E-state index is -1.62. The van der Waals surface area contributed by atoms with Crippen molar-refractivity contribution in [2.45, 2.75) is 136 Å². The second-order valence-electron chi connectivity index (χ2n) is 14.6. The summed E-state index contributed by atoms with van der Waals surface area (Å²) in [4.78, 5) is 30.0. The summed E-state index contributed by atoms with van der Waals surface area (Å²) in [6.07, 6.45) is -0.896. The smallest absolute Gasteiger partial charge is 0.316 e. The number of fused-ring (bicyclic) bond motifs is 5. The van der Waals surface area contributed by atoms with Gasteiger partial charge in [-0.3, -0.25) is 9.59 Å². The van der Waals surface area contributed by atoms with Crippen molar-refractivity contribution in [1.29, 1.82) is 5.41 Å². The summed E-state index contributed by atoms with van der Waals surface area (Å²) in [5.74, 6) is -3.42. The lowest BCUT2D eigenvalue weighted by Crippen LogP contribution is -2.58. The van der Waals surface area contributed by atoms with E-state index in [9.17, 15) is 14.7 Å². The summed E-state index contributed by atoms with van der Waals surface area (Å²) >= 11 is 0. The minimum Gasteiger partial charge on any atom is -0.459 e. The first-order valence-electron chi connectivity index (χ1n) is 16.8. The van der Waals surface area contributed by atoms with Gasteiger partial charge in [0.05, 0.1) is 42.8 Å². The number of nitrogens with one attached hydrogen (secondary N) is 1. The molecule has 0 amide bonds. The van der Waals surface area contributed by atoms with E-state index in [2.05, 4.69) is 39.4 Å². The highest BCUT2D eigenvalue weighted by Crippen LogP contribution is 2.42. The molecule has 0 aromatic rings. The molecule has 2 N–H and O–H groups in total. The molecule has 13 atom stereocenters. The molecule has 0 radical (unpaired) electrons. The first-order chi connectivity index (χ1) is 20.9. The van der Waals surface area contributed by atoms with Crippen LogP contribution in [0.15, 0.2) is 12.2 Å². The number of carbonyl (C=O) groups is 2. The maximum Gasteiger partial charge on any atom is 0.316 e. The number of cyclic esters (lactones) is 1. The fourth-order valence-electron chi connectivity index (χ4n) is 7.85. The van der Waals surface area contributed by atoms with Crippen LogP contribution < -0.4 is 0 Å². The molecule has 10 heteroatoms. The predicted molar refractivity (Wildman–Crippen MR) is 173 cm³/mol. The van der Waals surface area contributed by atoms with Crippen LogP contribution in [0.25, 0.3) is 0 Å². The highest BCUT2D eigenvalue weighted by atomic mass is 16.7. The maximum absolute atomic E-state index is 14.2. The Morgan fingerprint density at radius 2 is 1.69 bits per heavy atom. The Balaban J connectivity index is 2.21. The van der Waals surface area contributed by atoms with Crippen molar-refractivity contribution < 1.29 is 38.4 Å². The maximum atomic E-state index is 14.2. The molecular formula is C35H60N2O8. The Kier molecular flexibility index (Phi) is 12.6. The number of nitrogens with zero attached hydrogens (tertiary/aromatic N) is 1. The number of carbonyl (C=O) groups excluding carboxylic acids is 2. The normalized spacial score (nSPS) is 44.6. The predicted octanol–water partition coefficient (Wildman–Crippen LogP) is 4.80. The van der Waals surface area contributed by atoms with Gasteiger partial charge in [0.2, 0.25) is 0 Å². The zero-order valence-corrected chi connectivity index (χ0v) is 29.6. The van der Waals surface area contributed by atoms with Gasteiger partial charge in [-0.25, -0.2) is 0 Å². The summed E-state index contributed by atoms with van der Waals surface area (Å²) in [7, 11) is 4.13. The summed E-state index contributed by atoms with van der Waals surface area (Å²) in [6, 6.07) is 0.212. The Bertz CT molecular complexity index is 1080. The van der Waals surface area contributed by atoms with Crippen LogP contribution in [0.5, 0.6) is 0 Å². The third-order valence-corrected chi connectivity index (χ3v) is 10.7. The Morgan fingerprint density at radius 1 is 1.04 bits per heavy atom. The third kappa shape index (κ3) is 8.07. The summed E-state index contributed by atoms with van der Waals surface area (Å²) < 4.78 is 32.2. The molecule has 0 aromatic heterocycles. The molecule has 10 nitrogen and oxygen atoms in total. The van der Waals surface area contributed by atoms with Gasteiger partial charge in [-0.05, 0) is 73.4 Å². The second kappa shape index (κ2) is 15.0. The van der Waals surface area contributed by atoms with Crippen molar-refractivity contribution in [2.24, 2.45) is 29.6 Å². The van der Waals surface area contributed by atoms with Crippen molar-refractivity contribution in [1.82, 2.24) is 4.90 Å². The topological polar surface area (TPSA) is 128 Å². The van der Waals surface area contributed by atoms with E-state index in [0.29, 0.717) is 12.8 Å². The van der Waals surface area contributed by atoms with Crippen LogP contribution in [0.1, 0.15) is 88.0 Å². The number of aliphatic hydroxyl groups is 1. The van der Waals surface area contributed by atoms with Gasteiger partial charge in [-0.2, -0.15) is 0 Å². The molecule has 3 fully saturated rings. The van der Waals surface area contributed by atoms with Crippen molar-refractivity contribution in [3.05, 3.63) is 12.2 Å². The Hall–Kier alpha value is -1.69. The average molecular weight is 637 g/mol. The molecule has 3 heterocycles. The van der Waals surface area contributed by atoms with Crippen molar-refractivity contribution >= 4 is 17.5 Å². The first kappa shape index (κ1) is 37.8. The van der Waals surface area contributed by atoms with Gasteiger partial charge in [-0.15, -0.1) is 0 Å². The Morgan fingerprint density at radius 3 is 2.27 bits per heavy atom. The molecule has 258 valence electrons. The number of hydrogen-bond donors (Lipinski definition) is 2.